The molecule has 130 valence electrons. The molecule has 0 saturated carbocycles. The Hall–Kier alpha value is -1.79. The SMILES string of the molecule is COc1ccc(Cl)cc1CN1CCN(c2nc(C(C)C)no2)CC1. The minimum absolute atomic E-state index is 0.277. The van der Waals surface area contributed by atoms with Gasteiger partial charge in [-0.1, -0.05) is 30.6 Å². The van der Waals surface area contributed by atoms with Crippen LogP contribution in [0.15, 0.2) is 22.7 Å². The molecule has 1 aliphatic heterocycles. The highest BCUT2D eigenvalue weighted by molar-refractivity contribution is 6.30. The van der Waals surface area contributed by atoms with Crippen LogP contribution in [0.5, 0.6) is 5.75 Å². The molecule has 1 aromatic heterocycles. The maximum Gasteiger partial charge on any atom is 0.324 e. The van der Waals surface area contributed by atoms with Crippen LogP contribution in [0.3, 0.4) is 0 Å². The van der Waals surface area contributed by atoms with Gasteiger partial charge in [-0.3, -0.25) is 4.90 Å². The molecular weight excluding hydrogens is 328 g/mol. The number of benzene rings is 1. The number of anilines is 1. The van der Waals surface area contributed by atoms with Gasteiger partial charge in [-0.2, -0.15) is 4.98 Å². The number of aromatic nitrogens is 2. The zero-order chi connectivity index (χ0) is 17.1. The summed E-state index contributed by atoms with van der Waals surface area (Å²) >= 11 is 6.11. The molecule has 0 N–H and O–H groups in total. The van der Waals surface area contributed by atoms with Crippen LogP contribution in [0, 0.1) is 0 Å². The van der Waals surface area contributed by atoms with Crippen molar-refractivity contribution in [3.8, 4) is 5.75 Å². The van der Waals surface area contributed by atoms with Gasteiger partial charge in [0.05, 0.1) is 7.11 Å². The van der Waals surface area contributed by atoms with Crippen LogP contribution in [0.4, 0.5) is 6.01 Å². The lowest BCUT2D eigenvalue weighted by molar-refractivity contribution is 0.239. The smallest absolute Gasteiger partial charge is 0.324 e. The minimum atomic E-state index is 0.277. The monoisotopic (exact) mass is 350 g/mol. The maximum absolute atomic E-state index is 6.11. The highest BCUT2D eigenvalue weighted by atomic mass is 35.5. The number of ether oxygens (including phenoxy) is 1. The Kier molecular flexibility index (Phi) is 5.26. The Morgan fingerprint density at radius 2 is 2.00 bits per heavy atom. The zero-order valence-corrected chi connectivity index (χ0v) is 15.1. The van der Waals surface area contributed by atoms with Gasteiger partial charge in [0, 0.05) is 49.2 Å². The van der Waals surface area contributed by atoms with E-state index in [-0.39, 0.29) is 5.92 Å². The summed E-state index contributed by atoms with van der Waals surface area (Å²) in [6.07, 6.45) is 0. The third-order valence-electron chi connectivity index (χ3n) is 4.23. The third-order valence-corrected chi connectivity index (χ3v) is 4.46. The first kappa shape index (κ1) is 17.0. The first-order valence-corrected chi connectivity index (χ1v) is 8.58. The summed E-state index contributed by atoms with van der Waals surface area (Å²) in [6.45, 7) is 8.52. The van der Waals surface area contributed by atoms with Gasteiger partial charge in [-0.15, -0.1) is 0 Å². The lowest BCUT2D eigenvalue weighted by Gasteiger charge is -2.33. The van der Waals surface area contributed by atoms with E-state index in [0.717, 1.165) is 54.9 Å². The normalized spacial score (nSPS) is 16.0. The number of hydrogen-bond donors (Lipinski definition) is 0. The van der Waals surface area contributed by atoms with Crippen molar-refractivity contribution in [3.05, 3.63) is 34.6 Å². The van der Waals surface area contributed by atoms with Crippen molar-refractivity contribution in [2.45, 2.75) is 26.3 Å². The van der Waals surface area contributed by atoms with Crippen molar-refractivity contribution in [1.29, 1.82) is 0 Å². The molecule has 1 aromatic carbocycles. The van der Waals surface area contributed by atoms with E-state index in [2.05, 4.69) is 33.8 Å². The number of rotatable bonds is 5. The van der Waals surface area contributed by atoms with E-state index in [1.54, 1.807) is 7.11 Å². The first-order chi connectivity index (χ1) is 11.6. The lowest BCUT2D eigenvalue weighted by atomic mass is 10.1. The van der Waals surface area contributed by atoms with E-state index in [1.165, 1.54) is 0 Å². The van der Waals surface area contributed by atoms with Crippen molar-refractivity contribution in [2.24, 2.45) is 0 Å². The van der Waals surface area contributed by atoms with E-state index in [9.17, 15) is 0 Å². The Labute approximate surface area is 147 Å². The van der Waals surface area contributed by atoms with Crippen LogP contribution in [-0.2, 0) is 6.54 Å². The standard InChI is InChI=1S/C17H23ClN4O2/c1-12(2)16-19-17(24-20-16)22-8-6-21(7-9-22)11-13-10-14(18)4-5-15(13)23-3/h4-5,10,12H,6-9,11H2,1-3H3. The molecule has 0 atom stereocenters. The summed E-state index contributed by atoms with van der Waals surface area (Å²) in [5, 5.41) is 4.77. The van der Waals surface area contributed by atoms with Crippen LogP contribution < -0.4 is 9.64 Å². The lowest BCUT2D eigenvalue weighted by Crippen LogP contribution is -2.46. The van der Waals surface area contributed by atoms with Crippen molar-refractivity contribution in [2.75, 3.05) is 38.2 Å². The largest absolute Gasteiger partial charge is 0.496 e. The molecule has 7 heteroatoms. The van der Waals surface area contributed by atoms with Crippen LogP contribution in [0.1, 0.15) is 31.2 Å². The highest BCUT2D eigenvalue weighted by Crippen LogP contribution is 2.25. The molecule has 0 unspecified atom stereocenters. The average molecular weight is 351 g/mol. The van der Waals surface area contributed by atoms with Crippen molar-refractivity contribution >= 4 is 17.6 Å². The maximum atomic E-state index is 6.11. The van der Waals surface area contributed by atoms with Crippen molar-refractivity contribution in [3.63, 3.8) is 0 Å². The second-order valence-electron chi connectivity index (χ2n) is 6.31. The van der Waals surface area contributed by atoms with E-state index < -0.39 is 0 Å². The minimum Gasteiger partial charge on any atom is -0.496 e. The van der Waals surface area contributed by atoms with Gasteiger partial charge in [0.15, 0.2) is 5.82 Å². The molecule has 0 radical (unpaired) electrons. The van der Waals surface area contributed by atoms with Crippen LogP contribution in [0.25, 0.3) is 0 Å². The molecule has 1 fully saturated rings. The van der Waals surface area contributed by atoms with Crippen LogP contribution >= 0.6 is 11.6 Å². The number of hydrogen-bond acceptors (Lipinski definition) is 6. The van der Waals surface area contributed by atoms with Gasteiger partial charge in [0.2, 0.25) is 0 Å². The van der Waals surface area contributed by atoms with Crippen LogP contribution in [-0.4, -0.2) is 48.3 Å². The topological polar surface area (TPSA) is 54.6 Å². The Morgan fingerprint density at radius 3 is 2.62 bits per heavy atom. The zero-order valence-electron chi connectivity index (χ0n) is 14.3. The molecule has 6 nitrogen and oxygen atoms in total. The van der Waals surface area contributed by atoms with E-state index in [4.69, 9.17) is 20.9 Å². The molecule has 2 heterocycles. The quantitative estimate of drug-likeness (QED) is 0.825. The summed E-state index contributed by atoms with van der Waals surface area (Å²) in [5.74, 6) is 1.91. The van der Waals surface area contributed by atoms with E-state index >= 15 is 0 Å². The van der Waals surface area contributed by atoms with Crippen LogP contribution in [0.2, 0.25) is 5.02 Å². The summed E-state index contributed by atoms with van der Waals surface area (Å²) in [5.41, 5.74) is 1.11. The number of halogens is 1. The molecule has 24 heavy (non-hydrogen) atoms. The summed E-state index contributed by atoms with van der Waals surface area (Å²) in [4.78, 5) is 9.00. The molecular formula is C17H23ClN4O2. The molecule has 1 saturated heterocycles. The first-order valence-electron chi connectivity index (χ1n) is 8.20. The van der Waals surface area contributed by atoms with Gasteiger partial charge < -0.3 is 14.2 Å². The van der Waals surface area contributed by atoms with Crippen molar-refractivity contribution in [1.82, 2.24) is 15.0 Å². The number of methoxy groups -OCH3 is 1. The Morgan fingerprint density at radius 1 is 1.25 bits per heavy atom. The van der Waals surface area contributed by atoms with E-state index in [1.807, 2.05) is 18.2 Å². The number of piperazine rings is 1. The summed E-state index contributed by atoms with van der Waals surface area (Å²) in [6, 6.07) is 6.36. The molecule has 1 aliphatic rings. The van der Waals surface area contributed by atoms with Gasteiger partial charge in [0.1, 0.15) is 5.75 Å². The van der Waals surface area contributed by atoms with Crippen molar-refractivity contribution < 1.29 is 9.26 Å². The predicted octanol–water partition coefficient (Wildman–Crippen LogP) is 3.18. The molecule has 0 bridgehead atoms. The fourth-order valence-corrected chi connectivity index (χ4v) is 2.99. The molecule has 0 aliphatic carbocycles. The molecule has 3 rings (SSSR count). The highest BCUT2D eigenvalue weighted by Gasteiger charge is 2.22. The number of nitrogens with zero attached hydrogens (tertiary/aromatic N) is 4. The summed E-state index contributed by atoms with van der Waals surface area (Å²) in [7, 11) is 1.69. The van der Waals surface area contributed by atoms with E-state index in [0.29, 0.717) is 6.01 Å². The fraction of sp³-hybridized carbons (Fsp3) is 0.529. The predicted molar refractivity (Wildman–Crippen MR) is 93.9 cm³/mol. The molecule has 0 spiro atoms. The third kappa shape index (κ3) is 3.82. The Balaban J connectivity index is 1.60. The molecule has 0 amide bonds. The fourth-order valence-electron chi connectivity index (χ4n) is 2.80. The summed E-state index contributed by atoms with van der Waals surface area (Å²) < 4.78 is 10.8. The molecule has 2 aromatic rings. The van der Waals surface area contributed by atoms with Gasteiger partial charge in [0.25, 0.3) is 0 Å². The second kappa shape index (κ2) is 7.40. The Bertz CT molecular complexity index is 681. The second-order valence-corrected chi connectivity index (χ2v) is 6.75. The van der Waals surface area contributed by atoms with Gasteiger partial charge in [-0.05, 0) is 18.2 Å². The van der Waals surface area contributed by atoms with Gasteiger partial charge >= 0.3 is 6.01 Å². The van der Waals surface area contributed by atoms with Gasteiger partial charge in [-0.25, -0.2) is 0 Å². The average Bonchev–Trinajstić information content (AvgIpc) is 3.06.